The molecule has 0 aliphatic carbocycles. The number of hydrogen-bond acceptors (Lipinski definition) is 2. The van der Waals surface area contributed by atoms with Gasteiger partial charge in [-0.15, -0.1) is 0 Å². The summed E-state index contributed by atoms with van der Waals surface area (Å²) in [5.74, 6) is 0.710. The second-order valence-corrected chi connectivity index (χ2v) is 5.44. The molecule has 4 heteroatoms. The number of halogens is 1. The van der Waals surface area contributed by atoms with E-state index in [0.717, 1.165) is 21.3 Å². The Labute approximate surface area is 121 Å². The smallest absolute Gasteiger partial charge is 0.201 e. The van der Waals surface area contributed by atoms with Crippen LogP contribution in [0, 0.1) is 13.8 Å². The van der Waals surface area contributed by atoms with Crippen molar-refractivity contribution < 1.29 is 9.53 Å². The highest BCUT2D eigenvalue weighted by Gasteiger charge is 2.09. The summed E-state index contributed by atoms with van der Waals surface area (Å²) in [7, 11) is 1.89. The van der Waals surface area contributed by atoms with Crippen molar-refractivity contribution in [2.75, 3.05) is 6.61 Å². The molecule has 0 saturated heterocycles. The summed E-state index contributed by atoms with van der Waals surface area (Å²) in [4.78, 5) is 11.9. The first kappa shape index (κ1) is 13.9. The van der Waals surface area contributed by atoms with E-state index in [4.69, 9.17) is 4.74 Å². The van der Waals surface area contributed by atoms with E-state index in [1.807, 2.05) is 43.8 Å². The molecule has 0 radical (unpaired) electrons. The molecule has 0 N–H and O–H groups in total. The summed E-state index contributed by atoms with van der Waals surface area (Å²) in [5.41, 5.74) is 2.87. The fraction of sp³-hybridized carbons (Fsp3) is 0.267. The number of nitrogens with zero attached hydrogens (tertiary/aromatic N) is 1. The lowest BCUT2D eigenvalue weighted by atomic mass is 10.1. The van der Waals surface area contributed by atoms with Gasteiger partial charge in [0, 0.05) is 29.5 Å². The molecule has 0 spiro atoms. The summed E-state index contributed by atoms with van der Waals surface area (Å²) in [6.07, 6.45) is 3.64. The van der Waals surface area contributed by atoms with Gasteiger partial charge in [-0.25, -0.2) is 0 Å². The zero-order valence-corrected chi connectivity index (χ0v) is 12.8. The number of hydrogen-bond donors (Lipinski definition) is 0. The van der Waals surface area contributed by atoms with Gasteiger partial charge in [-0.2, -0.15) is 0 Å². The molecule has 0 fully saturated rings. The molecule has 2 rings (SSSR count). The zero-order chi connectivity index (χ0) is 14.0. The van der Waals surface area contributed by atoms with Crippen molar-refractivity contribution in [1.82, 2.24) is 4.57 Å². The molecule has 0 unspecified atom stereocenters. The number of ether oxygens (including phenoxy) is 1. The average Bonchev–Trinajstić information content (AvgIpc) is 2.79. The van der Waals surface area contributed by atoms with Crippen molar-refractivity contribution in [1.29, 1.82) is 0 Å². The fourth-order valence-corrected chi connectivity index (χ4v) is 2.12. The minimum Gasteiger partial charge on any atom is -0.485 e. The maximum atomic E-state index is 11.9. The molecule has 2 aromatic rings. The highest BCUT2D eigenvalue weighted by Crippen LogP contribution is 2.26. The molecule has 19 heavy (non-hydrogen) atoms. The van der Waals surface area contributed by atoms with Gasteiger partial charge in [0.2, 0.25) is 5.78 Å². The minimum atomic E-state index is -0.0150. The lowest BCUT2D eigenvalue weighted by Gasteiger charge is -2.09. The lowest BCUT2D eigenvalue weighted by molar-refractivity contribution is 0.0921. The van der Waals surface area contributed by atoms with E-state index < -0.39 is 0 Å². The Balaban J connectivity index is 2.05. The molecule has 0 aliphatic heterocycles. The number of Topliss-reactive ketones (excluding diaryl/α,β-unsaturated/α-hetero) is 1. The Morgan fingerprint density at radius 1 is 1.32 bits per heavy atom. The van der Waals surface area contributed by atoms with E-state index in [1.54, 1.807) is 12.3 Å². The number of aryl methyl sites for hydroxylation is 3. The quantitative estimate of drug-likeness (QED) is 0.804. The minimum absolute atomic E-state index is 0.0150. The first-order chi connectivity index (χ1) is 8.97. The predicted octanol–water partition coefficient (Wildman–Crippen LogP) is 3.67. The zero-order valence-electron chi connectivity index (χ0n) is 11.2. The van der Waals surface area contributed by atoms with E-state index in [9.17, 15) is 4.79 Å². The first-order valence-electron chi connectivity index (χ1n) is 6.02. The molecule has 0 amide bonds. The number of benzene rings is 1. The summed E-state index contributed by atoms with van der Waals surface area (Å²) in [6.45, 7) is 4.07. The third-order valence-corrected chi connectivity index (χ3v) is 4.18. The van der Waals surface area contributed by atoms with Crippen LogP contribution >= 0.6 is 15.9 Å². The Bertz CT molecular complexity index is 593. The van der Waals surface area contributed by atoms with Gasteiger partial charge in [-0.1, -0.05) is 15.9 Å². The number of ketones is 1. The maximum Gasteiger partial charge on any atom is 0.201 e. The Hall–Kier alpha value is -1.55. The second kappa shape index (κ2) is 5.61. The molecule has 1 heterocycles. The van der Waals surface area contributed by atoms with Crippen LogP contribution in [0.2, 0.25) is 0 Å². The van der Waals surface area contributed by atoms with Crippen LogP contribution in [0.15, 0.2) is 35.1 Å². The first-order valence-corrected chi connectivity index (χ1v) is 6.81. The second-order valence-electron chi connectivity index (χ2n) is 4.65. The molecule has 0 aliphatic rings. The van der Waals surface area contributed by atoms with Crippen LogP contribution in [-0.2, 0) is 7.05 Å². The monoisotopic (exact) mass is 321 g/mol. The van der Waals surface area contributed by atoms with Crippen molar-refractivity contribution in [3.05, 3.63) is 51.8 Å². The van der Waals surface area contributed by atoms with Crippen LogP contribution in [0.4, 0.5) is 0 Å². The summed E-state index contributed by atoms with van der Waals surface area (Å²) in [5, 5.41) is 0. The van der Waals surface area contributed by atoms with Crippen LogP contribution in [0.3, 0.4) is 0 Å². The molecule has 0 bridgehead atoms. The molecule has 100 valence electrons. The third kappa shape index (κ3) is 3.26. The van der Waals surface area contributed by atoms with Gasteiger partial charge in [0.05, 0.1) is 0 Å². The highest BCUT2D eigenvalue weighted by molar-refractivity contribution is 9.10. The van der Waals surface area contributed by atoms with E-state index in [1.165, 1.54) is 0 Å². The molecular formula is C15H16BrNO2. The molecule has 1 aromatic heterocycles. The normalized spacial score (nSPS) is 10.5. The van der Waals surface area contributed by atoms with Gasteiger partial charge in [-0.05, 0) is 43.2 Å². The van der Waals surface area contributed by atoms with Gasteiger partial charge >= 0.3 is 0 Å². The molecule has 1 aromatic carbocycles. The van der Waals surface area contributed by atoms with Crippen LogP contribution in [0.1, 0.15) is 21.5 Å². The van der Waals surface area contributed by atoms with Crippen LogP contribution in [0.25, 0.3) is 0 Å². The van der Waals surface area contributed by atoms with Gasteiger partial charge < -0.3 is 9.30 Å². The number of carbonyl (C=O) groups excluding carboxylic acids is 1. The van der Waals surface area contributed by atoms with Crippen LogP contribution in [-0.4, -0.2) is 17.0 Å². The van der Waals surface area contributed by atoms with Crippen molar-refractivity contribution >= 4 is 21.7 Å². The largest absolute Gasteiger partial charge is 0.485 e. The number of carbonyl (C=O) groups is 1. The number of aromatic nitrogens is 1. The summed E-state index contributed by atoms with van der Waals surface area (Å²) >= 11 is 3.51. The third-order valence-electron chi connectivity index (χ3n) is 2.93. The van der Waals surface area contributed by atoms with Crippen molar-refractivity contribution in [3.8, 4) is 5.75 Å². The van der Waals surface area contributed by atoms with Crippen molar-refractivity contribution in [2.24, 2.45) is 7.05 Å². The van der Waals surface area contributed by atoms with Gasteiger partial charge in [0.15, 0.2) is 6.61 Å². The lowest BCUT2D eigenvalue weighted by Crippen LogP contribution is -2.11. The van der Waals surface area contributed by atoms with Crippen molar-refractivity contribution in [2.45, 2.75) is 13.8 Å². The summed E-state index contributed by atoms with van der Waals surface area (Å²) < 4.78 is 8.49. The Kier molecular flexibility index (Phi) is 4.10. The maximum absolute atomic E-state index is 11.9. The van der Waals surface area contributed by atoms with Gasteiger partial charge in [0.25, 0.3) is 0 Å². The standard InChI is InChI=1S/C15H16BrNO2/c1-10-6-13(7-11(2)15(10)16)19-9-14(18)12-4-5-17(3)8-12/h4-8H,9H2,1-3H3. The fourth-order valence-electron chi connectivity index (χ4n) is 1.89. The SMILES string of the molecule is Cc1cc(OCC(=O)c2ccn(C)c2)cc(C)c1Br. The van der Waals surface area contributed by atoms with E-state index >= 15 is 0 Å². The van der Waals surface area contributed by atoms with Gasteiger partial charge in [0.1, 0.15) is 5.75 Å². The Morgan fingerprint density at radius 3 is 2.47 bits per heavy atom. The van der Waals surface area contributed by atoms with Crippen molar-refractivity contribution in [3.63, 3.8) is 0 Å². The topological polar surface area (TPSA) is 31.2 Å². The van der Waals surface area contributed by atoms with Gasteiger partial charge in [-0.3, -0.25) is 4.79 Å². The average molecular weight is 322 g/mol. The molecule has 0 atom stereocenters. The predicted molar refractivity (Wildman–Crippen MR) is 78.9 cm³/mol. The number of rotatable bonds is 4. The highest BCUT2D eigenvalue weighted by atomic mass is 79.9. The van der Waals surface area contributed by atoms with E-state index in [-0.39, 0.29) is 12.4 Å². The summed E-state index contributed by atoms with van der Waals surface area (Å²) in [6, 6.07) is 5.65. The van der Waals surface area contributed by atoms with Crippen LogP contribution in [0.5, 0.6) is 5.75 Å². The van der Waals surface area contributed by atoms with E-state index in [2.05, 4.69) is 15.9 Å². The molecule has 0 saturated carbocycles. The van der Waals surface area contributed by atoms with E-state index in [0.29, 0.717) is 5.56 Å². The molecule has 3 nitrogen and oxygen atoms in total. The Morgan fingerprint density at radius 2 is 1.95 bits per heavy atom. The molecular weight excluding hydrogens is 306 g/mol. The van der Waals surface area contributed by atoms with Crippen LogP contribution < -0.4 is 4.74 Å².